The van der Waals surface area contributed by atoms with Gasteiger partial charge in [0.15, 0.2) is 0 Å². The van der Waals surface area contributed by atoms with Crippen LogP contribution in [0, 0.1) is 20.2 Å². The zero-order valence-corrected chi connectivity index (χ0v) is 19.0. The Morgan fingerprint density at radius 3 is 2.09 bits per heavy atom. The van der Waals surface area contributed by atoms with Gasteiger partial charge in [0.25, 0.3) is 17.3 Å². The molecule has 12 nitrogen and oxygen atoms in total. The third-order valence-corrected chi connectivity index (χ3v) is 5.77. The average molecular weight is 483 g/mol. The molecule has 0 aliphatic heterocycles. The van der Waals surface area contributed by atoms with Gasteiger partial charge in [0.1, 0.15) is 0 Å². The van der Waals surface area contributed by atoms with Gasteiger partial charge in [0.2, 0.25) is 5.91 Å². The Morgan fingerprint density at radius 1 is 0.971 bits per heavy atom. The number of nitrogens with zero attached hydrogens (tertiary/aromatic N) is 3. The van der Waals surface area contributed by atoms with Crippen molar-refractivity contribution >= 4 is 34.6 Å². The van der Waals surface area contributed by atoms with Crippen molar-refractivity contribution in [1.29, 1.82) is 0 Å². The van der Waals surface area contributed by atoms with Crippen LogP contribution in [0.5, 0.6) is 0 Å². The Bertz CT molecular complexity index is 1140. The fourth-order valence-electron chi connectivity index (χ4n) is 3.87. The second-order valence-electron chi connectivity index (χ2n) is 8.48. The van der Waals surface area contributed by atoms with Crippen LogP contribution in [0.25, 0.3) is 0 Å². The molecule has 2 aromatic carbocycles. The number of carbonyl (C=O) groups excluding carboxylic acids is 2. The van der Waals surface area contributed by atoms with Gasteiger partial charge >= 0.3 is 0 Å². The van der Waals surface area contributed by atoms with Crippen molar-refractivity contribution in [1.82, 2.24) is 5.43 Å². The Balaban J connectivity index is 1.63. The second-order valence-corrected chi connectivity index (χ2v) is 8.48. The number of nitro benzene ring substituents is 2. The van der Waals surface area contributed by atoms with Crippen LogP contribution in [0.3, 0.4) is 0 Å². The molecule has 0 radical (unpaired) electrons. The van der Waals surface area contributed by atoms with Crippen LogP contribution in [-0.4, -0.2) is 38.1 Å². The van der Waals surface area contributed by atoms with E-state index in [9.17, 15) is 34.9 Å². The highest BCUT2D eigenvalue weighted by Gasteiger charge is 2.31. The van der Waals surface area contributed by atoms with E-state index in [1.165, 1.54) is 0 Å². The van der Waals surface area contributed by atoms with Gasteiger partial charge in [-0.05, 0) is 37.5 Å². The molecule has 1 saturated carbocycles. The van der Waals surface area contributed by atoms with Crippen molar-refractivity contribution in [3.05, 3.63) is 73.8 Å². The number of nitrogens with one attached hydrogen (secondary N) is 2. The highest BCUT2D eigenvalue weighted by molar-refractivity contribution is 6.05. The molecule has 2 amide bonds. The highest BCUT2D eigenvalue weighted by atomic mass is 16.6. The van der Waals surface area contributed by atoms with Crippen molar-refractivity contribution in [2.45, 2.75) is 51.0 Å². The Labute approximate surface area is 200 Å². The number of hydrazone groups is 1. The predicted octanol–water partition coefficient (Wildman–Crippen LogP) is 3.68. The topological polar surface area (TPSA) is 177 Å². The van der Waals surface area contributed by atoms with E-state index in [4.69, 9.17) is 0 Å². The SMILES string of the molecule is C/C(=N/NC(=O)CC1(O)CCCCC1)c1ccc(NC(=O)c2cc([N+](=O)[O-])cc([N+](=O)[O-])c2)cc1. The van der Waals surface area contributed by atoms with Gasteiger partial charge in [-0.3, -0.25) is 29.8 Å². The largest absolute Gasteiger partial charge is 0.389 e. The van der Waals surface area contributed by atoms with Gasteiger partial charge in [0.05, 0.1) is 39.2 Å². The van der Waals surface area contributed by atoms with Crippen LogP contribution in [0.15, 0.2) is 47.6 Å². The van der Waals surface area contributed by atoms with E-state index in [2.05, 4.69) is 15.8 Å². The summed E-state index contributed by atoms with van der Waals surface area (Å²) in [5.41, 5.74) is 1.63. The van der Waals surface area contributed by atoms with E-state index in [1.807, 2.05) is 0 Å². The molecule has 0 heterocycles. The summed E-state index contributed by atoms with van der Waals surface area (Å²) in [6.07, 6.45) is 4.04. The number of aliphatic hydroxyl groups is 1. The quantitative estimate of drug-likeness (QED) is 0.291. The zero-order chi connectivity index (χ0) is 25.6. The number of amides is 2. The first kappa shape index (κ1) is 25.4. The summed E-state index contributed by atoms with van der Waals surface area (Å²) in [6.45, 7) is 1.69. The summed E-state index contributed by atoms with van der Waals surface area (Å²) >= 11 is 0. The molecule has 1 fully saturated rings. The van der Waals surface area contributed by atoms with Crippen LogP contribution in [0.1, 0.15) is 61.4 Å². The Hall–Kier alpha value is -4.19. The Morgan fingerprint density at radius 2 is 1.54 bits per heavy atom. The van der Waals surface area contributed by atoms with Gasteiger partial charge in [-0.15, -0.1) is 0 Å². The molecule has 12 heteroatoms. The van der Waals surface area contributed by atoms with Crippen molar-refractivity contribution in [2.75, 3.05) is 5.32 Å². The standard InChI is InChI=1S/C23H25N5O7/c1-15(25-26-21(29)14-23(31)9-3-2-4-10-23)16-5-7-18(8-6-16)24-22(30)17-11-19(27(32)33)13-20(12-17)28(34)35/h5-8,11-13,31H,2-4,9-10,14H2,1H3,(H,24,30)(H,26,29)/b25-15-. The number of non-ortho nitro benzene ring substituents is 2. The second kappa shape index (κ2) is 10.8. The molecular formula is C23H25N5O7. The monoisotopic (exact) mass is 483 g/mol. The molecule has 0 aromatic heterocycles. The minimum Gasteiger partial charge on any atom is -0.389 e. The number of rotatable bonds is 8. The number of carbonyl (C=O) groups is 2. The molecule has 3 rings (SSSR count). The third kappa shape index (κ3) is 6.90. The smallest absolute Gasteiger partial charge is 0.277 e. The molecule has 3 N–H and O–H groups in total. The van der Waals surface area contributed by atoms with E-state index in [1.54, 1.807) is 31.2 Å². The molecule has 0 saturated heterocycles. The summed E-state index contributed by atoms with van der Waals surface area (Å²) in [5.74, 6) is -1.12. The van der Waals surface area contributed by atoms with Crippen molar-refractivity contribution in [2.24, 2.45) is 5.10 Å². The molecule has 184 valence electrons. The number of benzene rings is 2. The van der Waals surface area contributed by atoms with Gasteiger partial charge in [-0.2, -0.15) is 5.10 Å². The lowest BCUT2D eigenvalue weighted by Gasteiger charge is -2.31. The van der Waals surface area contributed by atoms with Crippen LogP contribution < -0.4 is 10.7 Å². The van der Waals surface area contributed by atoms with Crippen molar-refractivity contribution in [3.63, 3.8) is 0 Å². The summed E-state index contributed by atoms with van der Waals surface area (Å²) in [6, 6.07) is 9.10. The van der Waals surface area contributed by atoms with E-state index in [0.717, 1.165) is 37.5 Å². The highest BCUT2D eigenvalue weighted by Crippen LogP contribution is 2.30. The minimum absolute atomic E-state index is 0.00937. The molecule has 0 bridgehead atoms. The van der Waals surface area contributed by atoms with Gasteiger partial charge in [-0.1, -0.05) is 31.4 Å². The third-order valence-electron chi connectivity index (χ3n) is 5.77. The molecule has 0 unspecified atom stereocenters. The molecule has 0 spiro atoms. The normalized spacial score (nSPS) is 15.2. The number of anilines is 1. The van der Waals surface area contributed by atoms with Gasteiger partial charge in [-0.25, -0.2) is 5.43 Å². The molecule has 0 atom stereocenters. The predicted molar refractivity (Wildman–Crippen MR) is 127 cm³/mol. The Kier molecular flexibility index (Phi) is 7.87. The first-order valence-electron chi connectivity index (χ1n) is 11.0. The fraction of sp³-hybridized carbons (Fsp3) is 0.348. The van der Waals surface area contributed by atoms with Crippen LogP contribution in [0.2, 0.25) is 0 Å². The van der Waals surface area contributed by atoms with E-state index >= 15 is 0 Å². The van der Waals surface area contributed by atoms with Crippen molar-refractivity contribution < 1.29 is 24.5 Å². The fourth-order valence-corrected chi connectivity index (χ4v) is 3.87. The number of hydrogen-bond donors (Lipinski definition) is 3. The first-order chi connectivity index (χ1) is 16.6. The van der Waals surface area contributed by atoms with Crippen LogP contribution >= 0.6 is 0 Å². The minimum atomic E-state index is -0.981. The maximum absolute atomic E-state index is 12.5. The molecule has 35 heavy (non-hydrogen) atoms. The van der Waals surface area contributed by atoms with E-state index in [-0.39, 0.29) is 17.9 Å². The number of hydrogen-bond acceptors (Lipinski definition) is 8. The van der Waals surface area contributed by atoms with Gasteiger partial charge in [0, 0.05) is 17.8 Å². The van der Waals surface area contributed by atoms with Crippen LogP contribution in [0.4, 0.5) is 17.1 Å². The molecular weight excluding hydrogens is 458 g/mol. The number of nitro groups is 2. The van der Waals surface area contributed by atoms with Crippen molar-refractivity contribution in [3.8, 4) is 0 Å². The van der Waals surface area contributed by atoms with E-state index < -0.39 is 32.7 Å². The lowest BCUT2D eigenvalue weighted by Crippen LogP contribution is -2.37. The first-order valence-corrected chi connectivity index (χ1v) is 11.0. The lowest BCUT2D eigenvalue weighted by molar-refractivity contribution is -0.394. The molecule has 1 aliphatic rings. The lowest BCUT2D eigenvalue weighted by atomic mass is 9.82. The van der Waals surface area contributed by atoms with Crippen LogP contribution in [-0.2, 0) is 4.79 Å². The molecule has 2 aromatic rings. The average Bonchev–Trinajstić information content (AvgIpc) is 2.82. The maximum Gasteiger partial charge on any atom is 0.277 e. The molecule has 1 aliphatic carbocycles. The maximum atomic E-state index is 12.5. The summed E-state index contributed by atoms with van der Waals surface area (Å²) in [7, 11) is 0. The zero-order valence-electron chi connectivity index (χ0n) is 19.0. The summed E-state index contributed by atoms with van der Waals surface area (Å²) < 4.78 is 0. The summed E-state index contributed by atoms with van der Waals surface area (Å²) in [5, 5.41) is 39.1. The van der Waals surface area contributed by atoms with Gasteiger partial charge < -0.3 is 10.4 Å². The summed E-state index contributed by atoms with van der Waals surface area (Å²) in [4.78, 5) is 45.1. The van der Waals surface area contributed by atoms with E-state index in [0.29, 0.717) is 29.8 Å².